The van der Waals surface area contributed by atoms with Crippen LogP contribution in [0.25, 0.3) is 0 Å². The third kappa shape index (κ3) is 4.44. The summed E-state index contributed by atoms with van der Waals surface area (Å²) in [5.74, 6) is -0.651. The van der Waals surface area contributed by atoms with Gasteiger partial charge in [0, 0.05) is 13.1 Å². The lowest BCUT2D eigenvalue weighted by molar-refractivity contribution is -0.121. The molecule has 6 nitrogen and oxygen atoms in total. The Hall–Kier alpha value is -2.99. The van der Waals surface area contributed by atoms with Crippen LogP contribution in [0.1, 0.15) is 44.7 Å². The Bertz CT molecular complexity index is 911. The van der Waals surface area contributed by atoms with Gasteiger partial charge in [-0.05, 0) is 56.5 Å². The molecule has 1 saturated heterocycles. The van der Waals surface area contributed by atoms with Gasteiger partial charge < -0.3 is 5.32 Å². The maximum Gasteiger partial charge on any atom is 0.262 e. The molecule has 4 rings (SSSR count). The first-order valence-electron chi connectivity index (χ1n) is 10.5. The SMILES string of the molecule is Cc1ccc(CN2CCC(CNC(=O)CN3C(=O)c4ccccc4C3=O)CC2)cc1. The molecule has 0 radical (unpaired) electrons. The molecule has 2 aliphatic rings. The number of rotatable bonds is 6. The van der Waals surface area contributed by atoms with Gasteiger partial charge in [0.15, 0.2) is 0 Å². The minimum absolute atomic E-state index is 0.224. The predicted octanol–water partition coefficient (Wildman–Crippen LogP) is 2.62. The van der Waals surface area contributed by atoms with Gasteiger partial charge in [0.1, 0.15) is 6.54 Å². The zero-order chi connectivity index (χ0) is 21.1. The molecule has 1 fully saturated rings. The number of hydrogen-bond donors (Lipinski definition) is 1. The Kier molecular flexibility index (Phi) is 5.95. The lowest BCUT2D eigenvalue weighted by Gasteiger charge is -2.32. The van der Waals surface area contributed by atoms with E-state index in [1.807, 2.05) is 0 Å². The van der Waals surface area contributed by atoms with E-state index < -0.39 is 11.8 Å². The molecule has 6 heteroatoms. The molecule has 0 aliphatic carbocycles. The van der Waals surface area contributed by atoms with Gasteiger partial charge in [0.25, 0.3) is 11.8 Å². The van der Waals surface area contributed by atoms with Crippen molar-refractivity contribution in [2.45, 2.75) is 26.3 Å². The van der Waals surface area contributed by atoms with Crippen molar-refractivity contribution in [2.75, 3.05) is 26.2 Å². The van der Waals surface area contributed by atoms with Crippen molar-refractivity contribution >= 4 is 17.7 Å². The molecule has 0 unspecified atom stereocenters. The van der Waals surface area contributed by atoms with Crippen molar-refractivity contribution in [3.8, 4) is 0 Å². The number of carbonyl (C=O) groups excluding carboxylic acids is 3. The third-order valence-corrected chi connectivity index (χ3v) is 6.00. The summed E-state index contributed by atoms with van der Waals surface area (Å²) in [6, 6.07) is 15.3. The fourth-order valence-electron chi connectivity index (χ4n) is 4.14. The topological polar surface area (TPSA) is 69.7 Å². The zero-order valence-corrected chi connectivity index (χ0v) is 17.3. The Balaban J connectivity index is 1.21. The predicted molar refractivity (Wildman–Crippen MR) is 114 cm³/mol. The first kappa shape index (κ1) is 20.3. The molecule has 0 bridgehead atoms. The van der Waals surface area contributed by atoms with Crippen LogP contribution in [0, 0.1) is 12.8 Å². The molecule has 2 heterocycles. The van der Waals surface area contributed by atoms with E-state index in [0.29, 0.717) is 23.6 Å². The highest BCUT2D eigenvalue weighted by molar-refractivity contribution is 6.22. The summed E-state index contributed by atoms with van der Waals surface area (Å²) < 4.78 is 0. The second kappa shape index (κ2) is 8.79. The molecule has 0 aromatic heterocycles. The fourth-order valence-corrected chi connectivity index (χ4v) is 4.14. The van der Waals surface area contributed by atoms with Crippen LogP contribution in [-0.4, -0.2) is 53.7 Å². The highest BCUT2D eigenvalue weighted by atomic mass is 16.2. The van der Waals surface area contributed by atoms with E-state index in [4.69, 9.17) is 0 Å². The van der Waals surface area contributed by atoms with Gasteiger partial charge in [-0.3, -0.25) is 24.2 Å². The maximum atomic E-state index is 12.4. The van der Waals surface area contributed by atoms with Gasteiger partial charge >= 0.3 is 0 Å². The summed E-state index contributed by atoms with van der Waals surface area (Å²) in [5.41, 5.74) is 3.34. The van der Waals surface area contributed by atoms with Gasteiger partial charge in [-0.15, -0.1) is 0 Å². The van der Waals surface area contributed by atoms with Crippen LogP contribution in [0.4, 0.5) is 0 Å². The molecule has 2 aliphatic heterocycles. The van der Waals surface area contributed by atoms with Crippen molar-refractivity contribution in [2.24, 2.45) is 5.92 Å². The molecule has 0 atom stereocenters. The van der Waals surface area contributed by atoms with Gasteiger partial charge in [0.2, 0.25) is 5.91 Å². The largest absolute Gasteiger partial charge is 0.354 e. The van der Waals surface area contributed by atoms with Crippen LogP contribution >= 0.6 is 0 Å². The highest BCUT2D eigenvalue weighted by Gasteiger charge is 2.36. The normalized spacial score (nSPS) is 17.3. The number of nitrogens with zero attached hydrogens (tertiary/aromatic N) is 2. The number of piperidine rings is 1. The number of hydrogen-bond acceptors (Lipinski definition) is 4. The standard InChI is InChI=1S/C24H27N3O3/c1-17-6-8-19(9-7-17)15-26-12-10-18(11-13-26)14-25-22(28)16-27-23(29)20-4-2-3-5-21(20)24(27)30/h2-9,18H,10-16H2,1H3,(H,25,28). The van der Waals surface area contributed by atoms with Gasteiger partial charge in [-0.1, -0.05) is 42.0 Å². The van der Waals surface area contributed by atoms with E-state index in [1.165, 1.54) is 11.1 Å². The number of aryl methyl sites for hydroxylation is 1. The average Bonchev–Trinajstić information content (AvgIpc) is 3.00. The maximum absolute atomic E-state index is 12.4. The van der Waals surface area contributed by atoms with Crippen molar-refractivity contribution in [1.29, 1.82) is 0 Å². The number of benzene rings is 2. The number of likely N-dealkylation sites (tertiary alicyclic amines) is 1. The Morgan fingerprint density at radius 2 is 1.57 bits per heavy atom. The zero-order valence-electron chi connectivity index (χ0n) is 17.3. The minimum Gasteiger partial charge on any atom is -0.354 e. The molecule has 30 heavy (non-hydrogen) atoms. The van der Waals surface area contributed by atoms with E-state index in [1.54, 1.807) is 24.3 Å². The summed E-state index contributed by atoms with van der Waals surface area (Å²) in [6.07, 6.45) is 2.05. The van der Waals surface area contributed by atoms with Crippen molar-refractivity contribution in [3.63, 3.8) is 0 Å². The second-order valence-electron chi connectivity index (χ2n) is 8.25. The van der Waals surface area contributed by atoms with Crippen LogP contribution in [0.5, 0.6) is 0 Å². The van der Waals surface area contributed by atoms with Gasteiger partial charge in [-0.25, -0.2) is 0 Å². The Morgan fingerprint density at radius 1 is 0.967 bits per heavy atom. The molecular weight excluding hydrogens is 378 g/mol. The van der Waals surface area contributed by atoms with Crippen LogP contribution in [0.15, 0.2) is 48.5 Å². The smallest absolute Gasteiger partial charge is 0.262 e. The highest BCUT2D eigenvalue weighted by Crippen LogP contribution is 2.22. The van der Waals surface area contributed by atoms with Crippen molar-refractivity contribution in [3.05, 3.63) is 70.8 Å². The monoisotopic (exact) mass is 405 g/mol. The number of fused-ring (bicyclic) bond motifs is 1. The van der Waals surface area contributed by atoms with Gasteiger partial charge in [0.05, 0.1) is 11.1 Å². The first-order valence-corrected chi connectivity index (χ1v) is 10.5. The molecule has 3 amide bonds. The molecule has 2 aromatic carbocycles. The number of nitrogens with one attached hydrogen (secondary N) is 1. The van der Waals surface area contributed by atoms with E-state index >= 15 is 0 Å². The minimum atomic E-state index is -0.393. The molecule has 2 aromatic rings. The third-order valence-electron chi connectivity index (χ3n) is 6.00. The van der Waals surface area contributed by atoms with E-state index in [2.05, 4.69) is 41.4 Å². The summed E-state index contributed by atoms with van der Waals surface area (Å²) in [4.78, 5) is 40.6. The quantitative estimate of drug-likeness (QED) is 0.750. The molecule has 156 valence electrons. The second-order valence-corrected chi connectivity index (χ2v) is 8.25. The van der Waals surface area contributed by atoms with Crippen LogP contribution in [0.2, 0.25) is 0 Å². The Morgan fingerprint density at radius 3 is 2.17 bits per heavy atom. The van der Waals surface area contributed by atoms with E-state index in [0.717, 1.165) is 37.4 Å². The van der Waals surface area contributed by atoms with Crippen LogP contribution < -0.4 is 5.32 Å². The van der Waals surface area contributed by atoms with Crippen molar-refractivity contribution in [1.82, 2.24) is 15.1 Å². The molecule has 0 spiro atoms. The van der Waals surface area contributed by atoms with Crippen molar-refractivity contribution < 1.29 is 14.4 Å². The number of imide groups is 1. The van der Waals surface area contributed by atoms with Crippen LogP contribution in [0.3, 0.4) is 0 Å². The van der Waals surface area contributed by atoms with Gasteiger partial charge in [-0.2, -0.15) is 0 Å². The van der Waals surface area contributed by atoms with E-state index in [9.17, 15) is 14.4 Å². The number of amides is 3. The van der Waals surface area contributed by atoms with E-state index in [-0.39, 0.29) is 12.5 Å². The molecular formula is C24H27N3O3. The molecule has 1 N–H and O–H groups in total. The van der Waals surface area contributed by atoms with Crippen LogP contribution in [-0.2, 0) is 11.3 Å². The Labute approximate surface area is 176 Å². The fraction of sp³-hybridized carbons (Fsp3) is 0.375. The summed E-state index contributed by atoms with van der Waals surface area (Å²) in [6.45, 7) is 5.43. The molecule has 0 saturated carbocycles. The summed E-state index contributed by atoms with van der Waals surface area (Å²) >= 11 is 0. The average molecular weight is 405 g/mol. The first-order chi connectivity index (χ1) is 14.5. The number of carbonyl (C=O) groups is 3. The summed E-state index contributed by atoms with van der Waals surface area (Å²) in [7, 11) is 0. The lowest BCUT2D eigenvalue weighted by Crippen LogP contribution is -2.43. The lowest BCUT2D eigenvalue weighted by atomic mass is 9.96. The summed E-state index contributed by atoms with van der Waals surface area (Å²) in [5, 5.41) is 2.91.